The summed E-state index contributed by atoms with van der Waals surface area (Å²) in [7, 11) is 1.37. The predicted molar refractivity (Wildman–Crippen MR) is 109 cm³/mol. The van der Waals surface area contributed by atoms with E-state index in [1.54, 1.807) is 11.8 Å². The normalized spacial score (nSPS) is 11.7. The molecule has 0 aliphatic rings. The van der Waals surface area contributed by atoms with Gasteiger partial charge in [-0.1, -0.05) is 41.7 Å². The van der Waals surface area contributed by atoms with Gasteiger partial charge in [-0.15, -0.1) is 11.8 Å². The summed E-state index contributed by atoms with van der Waals surface area (Å²) in [6.07, 6.45) is 0.604. The Hall–Kier alpha value is -2.38. The maximum Gasteiger partial charge on any atom is 0.307 e. The molecule has 1 aromatic heterocycles. The van der Waals surface area contributed by atoms with Crippen LogP contribution in [0.4, 0.5) is 0 Å². The topological polar surface area (TPSA) is 60.7 Å². The quantitative estimate of drug-likeness (QED) is 0.446. The molecule has 1 amide bonds. The molecule has 27 heavy (non-hydrogen) atoms. The third-order valence-corrected chi connectivity index (χ3v) is 5.98. The number of hydrogen-bond donors (Lipinski definition) is 0. The van der Waals surface area contributed by atoms with Crippen molar-refractivity contribution in [3.8, 4) is 0 Å². The third-order valence-electron chi connectivity index (χ3n) is 3.90. The molecule has 0 aliphatic carbocycles. The molecule has 3 aromatic rings. The number of para-hydroxylation sites is 1. The van der Waals surface area contributed by atoms with Crippen molar-refractivity contribution in [3.05, 3.63) is 59.4 Å². The Kier molecular flexibility index (Phi) is 6.84. The number of aryl methyl sites for hydroxylation is 1. The number of thiazole rings is 1. The van der Waals surface area contributed by atoms with E-state index in [1.165, 1.54) is 18.4 Å². The number of fused-ring (bicyclic) bond motifs is 1. The highest BCUT2D eigenvalue weighted by Gasteiger charge is 2.10. The lowest BCUT2D eigenvalue weighted by Gasteiger charge is -2.04. The summed E-state index contributed by atoms with van der Waals surface area (Å²) >= 11 is 3.10. The van der Waals surface area contributed by atoms with E-state index in [0.29, 0.717) is 23.5 Å². The number of ether oxygens (including phenoxy) is 1. The van der Waals surface area contributed by atoms with Gasteiger partial charge in [-0.2, -0.15) is 4.99 Å². The first-order valence-corrected chi connectivity index (χ1v) is 10.4. The minimum Gasteiger partial charge on any atom is -0.469 e. The summed E-state index contributed by atoms with van der Waals surface area (Å²) in [5.41, 5.74) is 0.969. The Balaban J connectivity index is 1.75. The lowest BCUT2D eigenvalue weighted by atomic mass is 10.3. The molecule has 3 rings (SSSR count). The maximum absolute atomic E-state index is 12.3. The summed E-state index contributed by atoms with van der Waals surface area (Å²) < 4.78 is 7.68. The van der Waals surface area contributed by atoms with Crippen LogP contribution >= 0.6 is 23.1 Å². The van der Waals surface area contributed by atoms with Crippen molar-refractivity contribution in [1.29, 1.82) is 0 Å². The van der Waals surface area contributed by atoms with Crippen molar-refractivity contribution < 1.29 is 14.3 Å². The van der Waals surface area contributed by atoms with Crippen molar-refractivity contribution in [3.63, 3.8) is 0 Å². The molecule has 0 atom stereocenters. The highest BCUT2D eigenvalue weighted by atomic mass is 32.2. The van der Waals surface area contributed by atoms with E-state index in [4.69, 9.17) is 4.74 Å². The summed E-state index contributed by atoms with van der Waals surface area (Å²) in [5, 5.41) is 0. The molecule has 0 aliphatic heterocycles. The average Bonchev–Trinajstić information content (AvgIpc) is 3.03. The minimum absolute atomic E-state index is 0.156. The van der Waals surface area contributed by atoms with Crippen LogP contribution in [0.3, 0.4) is 0 Å². The van der Waals surface area contributed by atoms with Gasteiger partial charge in [0.2, 0.25) is 5.91 Å². The molecule has 0 radical (unpaired) electrons. The van der Waals surface area contributed by atoms with Gasteiger partial charge in [0, 0.05) is 23.6 Å². The van der Waals surface area contributed by atoms with E-state index >= 15 is 0 Å². The van der Waals surface area contributed by atoms with Crippen LogP contribution in [0.2, 0.25) is 0 Å². The molecule has 0 saturated heterocycles. The zero-order valence-electron chi connectivity index (χ0n) is 15.0. The number of hydrogen-bond acceptors (Lipinski definition) is 5. The lowest BCUT2D eigenvalue weighted by molar-refractivity contribution is -0.140. The molecule has 5 nitrogen and oxygen atoms in total. The monoisotopic (exact) mass is 400 g/mol. The number of rotatable bonds is 7. The van der Waals surface area contributed by atoms with Crippen LogP contribution in [0.25, 0.3) is 10.2 Å². The van der Waals surface area contributed by atoms with Crippen molar-refractivity contribution in [2.75, 3.05) is 12.9 Å². The Bertz CT molecular complexity index is 993. The summed E-state index contributed by atoms with van der Waals surface area (Å²) in [4.78, 5) is 29.9. The van der Waals surface area contributed by atoms with Crippen molar-refractivity contribution >= 4 is 45.2 Å². The van der Waals surface area contributed by atoms with Crippen LogP contribution in [0.1, 0.15) is 12.8 Å². The molecule has 140 valence electrons. The number of methoxy groups -OCH3 is 1. The number of aromatic nitrogens is 1. The number of benzene rings is 2. The van der Waals surface area contributed by atoms with Gasteiger partial charge in [0.25, 0.3) is 0 Å². The van der Waals surface area contributed by atoms with Crippen LogP contribution in [0, 0.1) is 0 Å². The lowest BCUT2D eigenvalue weighted by Crippen LogP contribution is -2.19. The first kappa shape index (κ1) is 19.4. The molecule has 7 heteroatoms. The van der Waals surface area contributed by atoms with Gasteiger partial charge >= 0.3 is 5.97 Å². The zero-order valence-corrected chi connectivity index (χ0v) is 16.6. The summed E-state index contributed by atoms with van der Waals surface area (Å²) in [6, 6.07) is 17.8. The predicted octanol–water partition coefficient (Wildman–Crippen LogP) is 3.88. The molecular formula is C20H20N2O3S2. The first-order chi connectivity index (χ1) is 13.2. The molecule has 0 unspecified atom stereocenters. The second-order valence-corrected chi connectivity index (χ2v) is 7.92. The van der Waals surface area contributed by atoms with Crippen molar-refractivity contribution in [1.82, 2.24) is 4.57 Å². The smallest absolute Gasteiger partial charge is 0.307 e. The molecule has 0 spiro atoms. The average molecular weight is 401 g/mol. The molecule has 0 bridgehead atoms. The molecule has 0 fully saturated rings. The van der Waals surface area contributed by atoms with Gasteiger partial charge in [0.1, 0.15) is 0 Å². The van der Waals surface area contributed by atoms with E-state index < -0.39 is 0 Å². The first-order valence-electron chi connectivity index (χ1n) is 8.58. The van der Waals surface area contributed by atoms with Crippen LogP contribution in [-0.4, -0.2) is 29.3 Å². The number of amides is 1. The summed E-state index contributed by atoms with van der Waals surface area (Å²) in [5.74, 6) is 0.241. The minimum atomic E-state index is -0.283. The van der Waals surface area contributed by atoms with Crippen LogP contribution in [0.5, 0.6) is 0 Å². The molecule has 2 aromatic carbocycles. The van der Waals surface area contributed by atoms with Gasteiger partial charge in [0.05, 0.1) is 23.7 Å². The molecule has 0 saturated carbocycles. The van der Waals surface area contributed by atoms with E-state index in [9.17, 15) is 9.59 Å². The van der Waals surface area contributed by atoms with Gasteiger partial charge < -0.3 is 9.30 Å². The van der Waals surface area contributed by atoms with Crippen LogP contribution in [-0.2, 0) is 20.9 Å². The van der Waals surface area contributed by atoms with Gasteiger partial charge in [-0.25, -0.2) is 0 Å². The highest BCUT2D eigenvalue weighted by molar-refractivity contribution is 7.99. The van der Waals surface area contributed by atoms with E-state index in [1.807, 2.05) is 59.2 Å². The van der Waals surface area contributed by atoms with Crippen LogP contribution in [0.15, 0.2) is 64.5 Å². The third kappa shape index (κ3) is 5.30. The van der Waals surface area contributed by atoms with Crippen LogP contribution < -0.4 is 4.80 Å². The Morgan fingerprint density at radius 2 is 1.81 bits per heavy atom. The fourth-order valence-corrected chi connectivity index (χ4v) is 4.50. The highest BCUT2D eigenvalue weighted by Crippen LogP contribution is 2.19. The number of thioether (sulfide) groups is 1. The standard InChI is InChI=1S/C20H20N2O3S2/c1-25-19(24)11-13-22-16-9-5-6-10-17(16)27-20(22)21-18(23)12-14-26-15-7-3-2-4-8-15/h2-10H,11-14H2,1H3. The fraction of sp³-hybridized carbons (Fsp3) is 0.250. The molecular weight excluding hydrogens is 380 g/mol. The Labute approximate surface area is 165 Å². The second kappa shape index (κ2) is 9.53. The summed E-state index contributed by atoms with van der Waals surface area (Å²) in [6.45, 7) is 0.432. The Morgan fingerprint density at radius 3 is 2.59 bits per heavy atom. The van der Waals surface area contributed by atoms with E-state index in [-0.39, 0.29) is 18.3 Å². The molecule has 1 heterocycles. The number of carbonyl (C=O) groups excluding carboxylic acids is 2. The largest absolute Gasteiger partial charge is 0.469 e. The fourth-order valence-electron chi connectivity index (χ4n) is 2.56. The maximum atomic E-state index is 12.3. The molecule has 0 N–H and O–H groups in total. The van der Waals surface area contributed by atoms with E-state index in [0.717, 1.165) is 15.1 Å². The SMILES string of the molecule is COC(=O)CCn1c(=NC(=O)CCSc2ccccc2)sc2ccccc21. The second-order valence-electron chi connectivity index (χ2n) is 5.75. The van der Waals surface area contributed by atoms with Gasteiger partial charge in [-0.3, -0.25) is 9.59 Å². The number of carbonyl (C=O) groups is 2. The van der Waals surface area contributed by atoms with Gasteiger partial charge in [-0.05, 0) is 24.3 Å². The van der Waals surface area contributed by atoms with Gasteiger partial charge in [0.15, 0.2) is 4.80 Å². The zero-order chi connectivity index (χ0) is 19.1. The number of nitrogens with zero attached hydrogens (tertiary/aromatic N) is 2. The van der Waals surface area contributed by atoms with Crippen molar-refractivity contribution in [2.24, 2.45) is 4.99 Å². The van der Waals surface area contributed by atoms with E-state index in [2.05, 4.69) is 4.99 Å². The van der Waals surface area contributed by atoms with Crippen molar-refractivity contribution in [2.45, 2.75) is 24.3 Å². The Morgan fingerprint density at radius 1 is 1.07 bits per heavy atom. The number of esters is 1.